The van der Waals surface area contributed by atoms with Crippen LogP contribution >= 0.6 is 11.8 Å². The number of carbonyl (C=O) groups is 2. The van der Waals surface area contributed by atoms with Crippen LogP contribution in [-0.2, 0) is 9.53 Å². The zero-order valence-electron chi connectivity index (χ0n) is 14.4. The van der Waals surface area contributed by atoms with Crippen molar-refractivity contribution in [3.8, 4) is 6.07 Å². The average Bonchev–Trinajstić information content (AvgIpc) is 2.54. The van der Waals surface area contributed by atoms with Gasteiger partial charge in [-0.25, -0.2) is 4.79 Å². The summed E-state index contributed by atoms with van der Waals surface area (Å²) in [5.41, 5.74) is -1.15. The number of alkyl halides is 2. The summed E-state index contributed by atoms with van der Waals surface area (Å²) in [5.74, 6) is -4.36. The number of rotatable bonds is 7. The fourth-order valence-electron chi connectivity index (χ4n) is 1.77. The van der Waals surface area contributed by atoms with E-state index >= 15 is 0 Å². The summed E-state index contributed by atoms with van der Waals surface area (Å²) in [5, 5.41) is 11.8. The Morgan fingerprint density at radius 1 is 1.28 bits per heavy atom. The Kier molecular flexibility index (Phi) is 7.37. The lowest BCUT2D eigenvalue weighted by Crippen LogP contribution is -2.52. The minimum Gasteiger partial charge on any atom is -0.449 e. The van der Waals surface area contributed by atoms with Crippen molar-refractivity contribution in [3.05, 3.63) is 29.8 Å². The number of amides is 1. The van der Waals surface area contributed by atoms with Gasteiger partial charge in [0.15, 0.2) is 6.10 Å². The van der Waals surface area contributed by atoms with E-state index < -0.39 is 29.3 Å². The second kappa shape index (κ2) is 8.81. The minimum absolute atomic E-state index is 0.0423. The van der Waals surface area contributed by atoms with Crippen LogP contribution in [0.4, 0.5) is 8.78 Å². The third-order valence-corrected chi connectivity index (χ3v) is 4.53. The number of carbonyl (C=O) groups excluding carboxylic acids is 2. The summed E-state index contributed by atoms with van der Waals surface area (Å²) >= 11 is 0.229. The van der Waals surface area contributed by atoms with E-state index in [0.717, 1.165) is 0 Å². The van der Waals surface area contributed by atoms with Gasteiger partial charge in [-0.1, -0.05) is 37.7 Å². The van der Waals surface area contributed by atoms with Crippen LogP contribution in [0.2, 0.25) is 0 Å². The Morgan fingerprint density at radius 3 is 2.40 bits per heavy atom. The Balaban J connectivity index is 2.84. The van der Waals surface area contributed by atoms with Crippen molar-refractivity contribution in [2.45, 2.75) is 50.0 Å². The van der Waals surface area contributed by atoms with Crippen LogP contribution in [0.15, 0.2) is 29.2 Å². The number of halogens is 2. The molecule has 0 aliphatic heterocycles. The minimum atomic E-state index is -2.68. The molecule has 8 heteroatoms. The predicted octanol–water partition coefficient (Wildman–Crippen LogP) is 3.60. The number of nitrogens with zero attached hydrogens (tertiary/aromatic N) is 1. The molecule has 136 valence electrons. The summed E-state index contributed by atoms with van der Waals surface area (Å²) in [7, 11) is 0. The summed E-state index contributed by atoms with van der Waals surface area (Å²) in [4.78, 5) is 24.5. The molecule has 0 fully saturated rings. The molecule has 1 amide bonds. The molecule has 0 saturated carbocycles. The van der Waals surface area contributed by atoms with Crippen molar-refractivity contribution < 1.29 is 23.1 Å². The number of thioether (sulfide) groups is 1. The number of hydrogen-bond donors (Lipinski definition) is 1. The standard InChI is InChI=1S/C17H20F2N2O3S/c1-10(2)17(4,9-20)21-14(22)11(3)24-15(23)12-7-5-6-8-13(12)25-16(18)19/h5-8,10-11,16H,1-4H3,(H,21,22). The van der Waals surface area contributed by atoms with Crippen LogP contribution in [0.3, 0.4) is 0 Å². The maximum atomic E-state index is 12.6. The van der Waals surface area contributed by atoms with E-state index in [1.54, 1.807) is 20.8 Å². The molecule has 2 atom stereocenters. The Bertz CT molecular complexity index is 676. The monoisotopic (exact) mass is 370 g/mol. The SMILES string of the molecule is CC(OC(=O)c1ccccc1SC(F)F)C(=O)NC(C)(C#N)C(C)C. The van der Waals surface area contributed by atoms with Gasteiger partial charge in [0.25, 0.3) is 11.7 Å². The van der Waals surface area contributed by atoms with Gasteiger partial charge in [-0.2, -0.15) is 14.0 Å². The molecular formula is C17H20F2N2O3S. The van der Waals surface area contributed by atoms with E-state index in [-0.39, 0.29) is 28.1 Å². The molecule has 1 N–H and O–H groups in total. The van der Waals surface area contributed by atoms with Crippen LogP contribution in [0.5, 0.6) is 0 Å². The quantitative estimate of drug-likeness (QED) is 0.586. The van der Waals surface area contributed by atoms with Crippen molar-refractivity contribution in [1.82, 2.24) is 5.32 Å². The number of nitriles is 1. The highest BCUT2D eigenvalue weighted by Crippen LogP contribution is 2.29. The van der Waals surface area contributed by atoms with Gasteiger partial charge in [0, 0.05) is 4.90 Å². The normalized spacial score (nSPS) is 14.5. The van der Waals surface area contributed by atoms with Crippen LogP contribution in [0, 0.1) is 17.2 Å². The molecule has 5 nitrogen and oxygen atoms in total. The van der Waals surface area contributed by atoms with Gasteiger partial charge >= 0.3 is 5.97 Å². The highest BCUT2D eigenvalue weighted by atomic mass is 32.2. The van der Waals surface area contributed by atoms with E-state index in [9.17, 15) is 23.6 Å². The first-order valence-electron chi connectivity index (χ1n) is 7.58. The van der Waals surface area contributed by atoms with Crippen LogP contribution in [0.1, 0.15) is 38.1 Å². The van der Waals surface area contributed by atoms with Crippen molar-refractivity contribution in [2.75, 3.05) is 0 Å². The van der Waals surface area contributed by atoms with Gasteiger partial charge in [-0.3, -0.25) is 4.79 Å². The first kappa shape index (κ1) is 20.9. The molecule has 1 aromatic carbocycles. The molecule has 0 aliphatic rings. The van der Waals surface area contributed by atoms with Gasteiger partial charge in [-0.05, 0) is 31.9 Å². The van der Waals surface area contributed by atoms with Crippen molar-refractivity contribution in [2.24, 2.45) is 5.92 Å². The molecule has 0 radical (unpaired) electrons. The largest absolute Gasteiger partial charge is 0.449 e. The lowest BCUT2D eigenvalue weighted by atomic mass is 9.90. The molecule has 1 aromatic rings. The Labute approximate surface area is 149 Å². The van der Waals surface area contributed by atoms with Gasteiger partial charge < -0.3 is 10.1 Å². The topological polar surface area (TPSA) is 79.2 Å². The van der Waals surface area contributed by atoms with Gasteiger partial charge in [0.05, 0.1) is 11.6 Å². The molecule has 0 aliphatic carbocycles. The number of nitrogens with one attached hydrogen (secondary N) is 1. The highest BCUT2D eigenvalue weighted by molar-refractivity contribution is 7.99. The number of esters is 1. The molecular weight excluding hydrogens is 350 g/mol. The first-order chi connectivity index (χ1) is 11.6. The summed E-state index contributed by atoms with van der Waals surface area (Å²) in [6.45, 7) is 6.48. The van der Waals surface area contributed by atoms with Crippen LogP contribution < -0.4 is 5.32 Å². The number of hydrogen-bond acceptors (Lipinski definition) is 5. The maximum Gasteiger partial charge on any atom is 0.340 e. The van der Waals surface area contributed by atoms with E-state index in [1.165, 1.54) is 31.2 Å². The molecule has 0 heterocycles. The summed E-state index contributed by atoms with van der Waals surface area (Å²) < 4.78 is 30.2. The lowest BCUT2D eigenvalue weighted by molar-refractivity contribution is -0.130. The smallest absolute Gasteiger partial charge is 0.340 e. The van der Waals surface area contributed by atoms with Crippen LogP contribution in [0.25, 0.3) is 0 Å². The third-order valence-electron chi connectivity index (χ3n) is 3.75. The number of ether oxygens (including phenoxy) is 1. The highest BCUT2D eigenvalue weighted by Gasteiger charge is 2.33. The molecule has 0 spiro atoms. The van der Waals surface area contributed by atoms with E-state index in [1.807, 2.05) is 6.07 Å². The van der Waals surface area contributed by atoms with Gasteiger partial charge in [-0.15, -0.1) is 0 Å². The molecule has 0 aromatic heterocycles. The summed E-state index contributed by atoms with van der Waals surface area (Å²) in [6, 6.07) is 7.79. The Hall–Kier alpha value is -2.14. The molecule has 2 unspecified atom stereocenters. The zero-order valence-corrected chi connectivity index (χ0v) is 15.2. The first-order valence-corrected chi connectivity index (χ1v) is 8.46. The Morgan fingerprint density at radius 2 is 1.88 bits per heavy atom. The second-order valence-electron chi connectivity index (χ2n) is 5.88. The third kappa shape index (κ3) is 5.71. The fourth-order valence-corrected chi connectivity index (χ4v) is 2.40. The summed E-state index contributed by atoms with van der Waals surface area (Å²) in [6.07, 6.45) is -1.18. The number of benzene rings is 1. The molecule has 25 heavy (non-hydrogen) atoms. The second-order valence-corrected chi connectivity index (χ2v) is 6.91. The van der Waals surface area contributed by atoms with Gasteiger partial charge in [0.1, 0.15) is 5.54 Å². The van der Waals surface area contributed by atoms with Crippen molar-refractivity contribution >= 4 is 23.6 Å². The molecule has 1 rings (SSSR count). The van der Waals surface area contributed by atoms with E-state index in [2.05, 4.69) is 5.32 Å². The lowest BCUT2D eigenvalue weighted by Gasteiger charge is -2.28. The van der Waals surface area contributed by atoms with E-state index in [4.69, 9.17) is 4.74 Å². The molecule has 0 saturated heterocycles. The van der Waals surface area contributed by atoms with Gasteiger partial charge in [0.2, 0.25) is 0 Å². The molecule has 0 bridgehead atoms. The maximum absolute atomic E-state index is 12.6. The average molecular weight is 370 g/mol. The van der Waals surface area contributed by atoms with Crippen molar-refractivity contribution in [1.29, 1.82) is 5.26 Å². The zero-order chi connectivity index (χ0) is 19.2. The predicted molar refractivity (Wildman–Crippen MR) is 90.2 cm³/mol. The van der Waals surface area contributed by atoms with Crippen molar-refractivity contribution in [3.63, 3.8) is 0 Å². The fraction of sp³-hybridized carbons (Fsp3) is 0.471. The van der Waals surface area contributed by atoms with Crippen LogP contribution in [-0.4, -0.2) is 29.3 Å². The van der Waals surface area contributed by atoms with E-state index in [0.29, 0.717) is 0 Å².